The first-order valence-electron chi connectivity index (χ1n) is 5.85. The van der Waals surface area contributed by atoms with Crippen molar-refractivity contribution in [2.75, 3.05) is 0 Å². The van der Waals surface area contributed by atoms with Crippen molar-refractivity contribution in [3.8, 4) is 0 Å². The zero-order valence-corrected chi connectivity index (χ0v) is 9.30. The molecule has 4 nitrogen and oxygen atoms in total. The summed E-state index contributed by atoms with van der Waals surface area (Å²) in [6.07, 6.45) is 1.65. The molecule has 1 heterocycles. The first-order chi connectivity index (χ1) is 8.20. The third kappa shape index (κ3) is 1.41. The molecule has 1 aliphatic carbocycles. The molecule has 0 aromatic heterocycles. The molecule has 1 aromatic rings. The van der Waals surface area contributed by atoms with Crippen LogP contribution in [0.3, 0.4) is 0 Å². The lowest BCUT2D eigenvalue weighted by atomic mass is 10.1. The van der Waals surface area contributed by atoms with Crippen LogP contribution in [0.2, 0.25) is 0 Å². The van der Waals surface area contributed by atoms with Gasteiger partial charge in [-0.25, -0.2) is 0 Å². The lowest BCUT2D eigenvalue weighted by molar-refractivity contribution is 0.0416. The Balaban J connectivity index is 2.00. The summed E-state index contributed by atoms with van der Waals surface area (Å²) in [6, 6.07) is 6.48. The predicted molar refractivity (Wildman–Crippen MR) is 60.6 cm³/mol. The molecule has 1 aliphatic heterocycles. The van der Waals surface area contributed by atoms with Gasteiger partial charge in [0.2, 0.25) is 0 Å². The van der Waals surface area contributed by atoms with Crippen molar-refractivity contribution in [3.05, 3.63) is 35.4 Å². The summed E-state index contributed by atoms with van der Waals surface area (Å²) >= 11 is 0. The van der Waals surface area contributed by atoms with Crippen molar-refractivity contribution in [3.63, 3.8) is 0 Å². The van der Waals surface area contributed by atoms with Crippen molar-refractivity contribution in [1.82, 2.24) is 4.90 Å². The van der Waals surface area contributed by atoms with Gasteiger partial charge in [0.05, 0.1) is 23.3 Å². The quantitative estimate of drug-likeness (QED) is 0.739. The van der Waals surface area contributed by atoms with Gasteiger partial charge in [-0.1, -0.05) is 12.1 Å². The molecule has 1 saturated carbocycles. The van der Waals surface area contributed by atoms with Crippen molar-refractivity contribution >= 4 is 11.8 Å². The molecule has 88 valence electrons. The molecule has 0 unspecified atom stereocenters. The summed E-state index contributed by atoms with van der Waals surface area (Å²) in [5.41, 5.74) is 0.910. The van der Waals surface area contributed by atoms with E-state index in [1.54, 1.807) is 24.3 Å². The molecule has 2 aliphatic rings. The van der Waals surface area contributed by atoms with Crippen molar-refractivity contribution < 1.29 is 14.7 Å². The van der Waals surface area contributed by atoms with Gasteiger partial charge >= 0.3 is 0 Å². The maximum atomic E-state index is 12.1. The Morgan fingerprint density at radius 1 is 1.06 bits per heavy atom. The number of hydrogen-bond donors (Lipinski definition) is 1. The van der Waals surface area contributed by atoms with E-state index in [1.807, 2.05) is 0 Å². The Labute approximate surface area is 98.9 Å². The van der Waals surface area contributed by atoms with Crippen LogP contribution in [0.25, 0.3) is 0 Å². The van der Waals surface area contributed by atoms with Gasteiger partial charge in [-0.2, -0.15) is 0 Å². The minimum absolute atomic E-state index is 0.267. The zero-order valence-electron chi connectivity index (χ0n) is 9.30. The minimum Gasteiger partial charge on any atom is -0.391 e. The SMILES string of the molecule is O=C1c2ccccc2C(=O)N1[C@H]1CCC[C@@H]1O. The number of hydrogen-bond acceptors (Lipinski definition) is 3. The number of fused-ring (bicyclic) bond motifs is 1. The van der Waals surface area contributed by atoms with E-state index in [0.29, 0.717) is 24.0 Å². The fourth-order valence-corrected chi connectivity index (χ4v) is 2.73. The zero-order chi connectivity index (χ0) is 12.0. The topological polar surface area (TPSA) is 57.6 Å². The van der Waals surface area contributed by atoms with Crippen LogP contribution in [0.4, 0.5) is 0 Å². The van der Waals surface area contributed by atoms with Crippen LogP contribution < -0.4 is 0 Å². The summed E-state index contributed by atoms with van der Waals surface area (Å²) < 4.78 is 0. The van der Waals surface area contributed by atoms with Gasteiger partial charge in [0.25, 0.3) is 11.8 Å². The Morgan fingerprint density at radius 3 is 2.12 bits per heavy atom. The number of amides is 2. The average Bonchev–Trinajstić information content (AvgIpc) is 2.84. The minimum atomic E-state index is -0.572. The number of rotatable bonds is 1. The number of benzene rings is 1. The molecule has 0 spiro atoms. The second-order valence-corrected chi connectivity index (χ2v) is 4.59. The van der Waals surface area contributed by atoms with Crippen LogP contribution in [0, 0.1) is 0 Å². The number of carbonyl (C=O) groups is 2. The Kier molecular flexibility index (Phi) is 2.26. The Bertz CT molecular complexity index is 462. The third-order valence-corrected chi connectivity index (χ3v) is 3.60. The highest BCUT2D eigenvalue weighted by Gasteiger charge is 2.43. The Morgan fingerprint density at radius 2 is 1.65 bits per heavy atom. The molecule has 0 saturated heterocycles. The third-order valence-electron chi connectivity index (χ3n) is 3.60. The number of carbonyl (C=O) groups excluding carboxylic acids is 2. The summed E-state index contributed by atoms with van der Waals surface area (Å²) in [5.74, 6) is -0.534. The molecule has 4 heteroatoms. The molecule has 2 amide bonds. The van der Waals surface area contributed by atoms with Gasteiger partial charge in [0.15, 0.2) is 0 Å². The van der Waals surface area contributed by atoms with E-state index in [0.717, 1.165) is 6.42 Å². The van der Waals surface area contributed by atoms with Crippen LogP contribution >= 0.6 is 0 Å². The smallest absolute Gasteiger partial charge is 0.261 e. The maximum Gasteiger partial charge on any atom is 0.261 e. The second-order valence-electron chi connectivity index (χ2n) is 4.59. The largest absolute Gasteiger partial charge is 0.391 e. The molecule has 2 atom stereocenters. The van der Waals surface area contributed by atoms with Crippen LogP contribution in [0.5, 0.6) is 0 Å². The van der Waals surface area contributed by atoms with Crippen molar-refractivity contribution in [2.24, 2.45) is 0 Å². The number of aliphatic hydroxyl groups is 1. The lowest BCUT2D eigenvalue weighted by Gasteiger charge is -2.24. The molecule has 0 radical (unpaired) electrons. The number of nitrogens with zero attached hydrogens (tertiary/aromatic N) is 1. The van der Waals surface area contributed by atoms with E-state index in [9.17, 15) is 14.7 Å². The van der Waals surface area contributed by atoms with E-state index < -0.39 is 6.10 Å². The van der Waals surface area contributed by atoms with E-state index >= 15 is 0 Å². The first kappa shape index (κ1) is 10.5. The molecule has 1 aromatic carbocycles. The van der Waals surface area contributed by atoms with E-state index in [1.165, 1.54) is 4.90 Å². The molecule has 1 fully saturated rings. The summed E-state index contributed by atoms with van der Waals surface area (Å²) in [5, 5.41) is 9.82. The fourth-order valence-electron chi connectivity index (χ4n) is 2.73. The van der Waals surface area contributed by atoms with E-state index in [-0.39, 0.29) is 17.9 Å². The van der Waals surface area contributed by atoms with Gasteiger partial charge in [0, 0.05) is 0 Å². The number of aliphatic hydroxyl groups excluding tert-OH is 1. The molecular weight excluding hydrogens is 218 g/mol. The molecule has 1 N–H and O–H groups in total. The summed E-state index contributed by atoms with van der Waals surface area (Å²) in [4.78, 5) is 25.5. The average molecular weight is 231 g/mol. The summed E-state index contributed by atoms with van der Waals surface area (Å²) in [7, 11) is 0. The van der Waals surface area contributed by atoms with Gasteiger partial charge in [-0.3, -0.25) is 14.5 Å². The highest BCUT2D eigenvalue weighted by molar-refractivity contribution is 6.21. The summed E-state index contributed by atoms with van der Waals surface area (Å²) in [6.45, 7) is 0. The predicted octanol–water partition coefficient (Wildman–Crippen LogP) is 1.20. The highest BCUT2D eigenvalue weighted by atomic mass is 16.3. The first-order valence-corrected chi connectivity index (χ1v) is 5.85. The normalized spacial score (nSPS) is 27.7. The standard InChI is InChI=1S/C13H13NO3/c15-11-7-3-6-10(11)14-12(16)8-4-1-2-5-9(8)13(14)17/h1-2,4-5,10-11,15H,3,6-7H2/t10-,11-/m0/s1. The fraction of sp³-hybridized carbons (Fsp3) is 0.385. The second kappa shape index (κ2) is 3.67. The molecular formula is C13H13NO3. The maximum absolute atomic E-state index is 12.1. The van der Waals surface area contributed by atoms with Crippen molar-refractivity contribution in [1.29, 1.82) is 0 Å². The van der Waals surface area contributed by atoms with Crippen LogP contribution in [-0.4, -0.2) is 34.0 Å². The van der Waals surface area contributed by atoms with Crippen molar-refractivity contribution in [2.45, 2.75) is 31.4 Å². The molecule has 0 bridgehead atoms. The van der Waals surface area contributed by atoms with Crippen LogP contribution in [-0.2, 0) is 0 Å². The van der Waals surface area contributed by atoms with Gasteiger partial charge in [-0.05, 0) is 31.4 Å². The monoisotopic (exact) mass is 231 g/mol. The Hall–Kier alpha value is -1.68. The van der Waals surface area contributed by atoms with Crippen LogP contribution in [0.1, 0.15) is 40.0 Å². The highest BCUT2D eigenvalue weighted by Crippen LogP contribution is 2.31. The molecule has 17 heavy (non-hydrogen) atoms. The van der Waals surface area contributed by atoms with E-state index in [4.69, 9.17) is 0 Å². The van der Waals surface area contributed by atoms with E-state index in [2.05, 4.69) is 0 Å². The number of imide groups is 1. The van der Waals surface area contributed by atoms with Gasteiger partial charge in [0.1, 0.15) is 0 Å². The van der Waals surface area contributed by atoms with Gasteiger partial charge < -0.3 is 5.11 Å². The van der Waals surface area contributed by atoms with Crippen LogP contribution in [0.15, 0.2) is 24.3 Å². The lowest BCUT2D eigenvalue weighted by Crippen LogP contribution is -2.44. The molecule has 3 rings (SSSR count). The van der Waals surface area contributed by atoms with Gasteiger partial charge in [-0.15, -0.1) is 0 Å².